The fraction of sp³-hybridized carbons (Fsp3) is 0.620. The lowest BCUT2D eigenvalue weighted by Gasteiger charge is -2.36. The zero-order valence-electron chi connectivity index (χ0n) is 39.6. The van der Waals surface area contributed by atoms with Gasteiger partial charge < -0.3 is 55.2 Å². The van der Waals surface area contributed by atoms with E-state index in [0.717, 1.165) is 72.3 Å². The summed E-state index contributed by atoms with van der Waals surface area (Å²) >= 11 is 0. The first kappa shape index (κ1) is 47.6. The molecule has 8 rings (SSSR count). The van der Waals surface area contributed by atoms with Crippen LogP contribution in [0.4, 0.5) is 16.2 Å². The molecular formula is C50H70N8O8. The van der Waals surface area contributed by atoms with Gasteiger partial charge in [-0.1, -0.05) is 64.1 Å². The molecule has 0 radical (unpaired) electrons. The summed E-state index contributed by atoms with van der Waals surface area (Å²) in [4.78, 5) is 53.6. The summed E-state index contributed by atoms with van der Waals surface area (Å²) < 4.78 is 29.1. The molecule has 11 atom stereocenters. The van der Waals surface area contributed by atoms with Crippen LogP contribution in [-0.4, -0.2) is 149 Å². The second-order valence-corrected chi connectivity index (χ2v) is 19.2. The molecule has 16 nitrogen and oxygen atoms in total. The minimum atomic E-state index is -0.691. The van der Waals surface area contributed by atoms with E-state index < -0.39 is 30.4 Å². The van der Waals surface area contributed by atoms with Gasteiger partial charge in [0.15, 0.2) is 6.17 Å². The molecule has 16 heteroatoms. The number of nitrogens with zero attached hydrogens (tertiary/aromatic N) is 4. The number of hydrogen-bond donors (Lipinski definition) is 4. The minimum Gasteiger partial charge on any atom is -0.453 e. The average molecular weight is 911 g/mol. The summed E-state index contributed by atoms with van der Waals surface area (Å²) in [6.45, 7) is 10.1. The van der Waals surface area contributed by atoms with Crippen LogP contribution >= 0.6 is 0 Å². The first-order valence-corrected chi connectivity index (χ1v) is 23.9. The molecular weight excluding hydrogens is 841 g/mol. The van der Waals surface area contributed by atoms with Crippen molar-refractivity contribution in [3.63, 3.8) is 0 Å². The monoisotopic (exact) mass is 911 g/mol. The molecule has 1 aromatic carbocycles. The smallest absolute Gasteiger partial charge is 0.407 e. The molecule has 11 unspecified atom stereocenters. The maximum Gasteiger partial charge on any atom is 0.407 e. The standard InChI is InChI=1S/C50H70N8O8/c1-28(2)41(51)48(59)58-34-16-14-33(25-34)43(58)47-52-27-39(55-47)31-12-10-30(11-13-31)35-17-18-36(45(66-24-22-63-6)44(35)65-23-21-62-5)32-15-19-37-38(26-32)54-46(53-37)40-9-8-20-57(40)49(60)42(29(3)4)56-50(61)64-7/h10,14-19,26-29,31,33-34,40-47,53-54H,8-9,11-13,20-25,51H2,1-7H3,(H,56,61). The third kappa shape index (κ3) is 9.75. The van der Waals surface area contributed by atoms with E-state index >= 15 is 0 Å². The summed E-state index contributed by atoms with van der Waals surface area (Å²) in [5.74, 6) is 0.270. The zero-order valence-corrected chi connectivity index (χ0v) is 39.6. The molecule has 66 heavy (non-hydrogen) atoms. The molecule has 3 amide bonds. The van der Waals surface area contributed by atoms with Gasteiger partial charge >= 0.3 is 6.09 Å². The molecule has 5 N–H and O–H groups in total. The molecule has 2 saturated heterocycles. The van der Waals surface area contributed by atoms with Gasteiger partial charge in [0.05, 0.1) is 74.8 Å². The lowest BCUT2D eigenvalue weighted by Crippen LogP contribution is -2.56. The molecule has 0 aromatic heterocycles. The molecule has 358 valence electrons. The largest absolute Gasteiger partial charge is 0.453 e. The highest BCUT2D eigenvalue weighted by Crippen LogP contribution is 2.44. The molecule has 3 aliphatic carbocycles. The lowest BCUT2D eigenvalue weighted by atomic mass is 9.79. The molecule has 4 heterocycles. The second-order valence-electron chi connectivity index (χ2n) is 19.2. The van der Waals surface area contributed by atoms with E-state index in [1.807, 2.05) is 43.7 Å². The van der Waals surface area contributed by atoms with Crippen molar-refractivity contribution in [2.24, 2.45) is 39.4 Å². The summed E-state index contributed by atoms with van der Waals surface area (Å²) in [5, 5.41) is 10.1. The van der Waals surface area contributed by atoms with Crippen LogP contribution in [0.2, 0.25) is 0 Å². The maximum absolute atomic E-state index is 13.9. The average Bonchev–Trinajstić information content (AvgIpc) is 4.19. The number of nitrogens with one attached hydrogen (secondary N) is 3. The van der Waals surface area contributed by atoms with Crippen molar-refractivity contribution < 1.29 is 38.1 Å². The second kappa shape index (κ2) is 21.0. The van der Waals surface area contributed by atoms with Gasteiger partial charge in [0, 0.05) is 38.8 Å². The topological polar surface area (TPSA) is 191 Å². The van der Waals surface area contributed by atoms with Gasteiger partial charge in [0.1, 0.15) is 24.4 Å². The predicted octanol–water partition coefficient (Wildman–Crippen LogP) is 5.33. The fourth-order valence-electron chi connectivity index (χ4n) is 10.8. The van der Waals surface area contributed by atoms with Crippen molar-refractivity contribution in [3.05, 3.63) is 65.3 Å². The number of likely N-dealkylation sites (tertiary alicyclic amines) is 2. The number of amides is 3. The Morgan fingerprint density at radius 3 is 2.30 bits per heavy atom. The number of fused-ring (bicyclic) bond motifs is 3. The van der Waals surface area contributed by atoms with Crippen LogP contribution in [0.25, 0.3) is 5.57 Å². The number of aliphatic imine (C=N–C) groups is 2. The molecule has 2 fully saturated rings. The number of carbonyl (C=O) groups excluding carboxylic acids is 3. The van der Waals surface area contributed by atoms with E-state index in [-0.39, 0.29) is 65.9 Å². The van der Waals surface area contributed by atoms with Crippen LogP contribution in [0.1, 0.15) is 71.8 Å². The molecule has 0 spiro atoms. The van der Waals surface area contributed by atoms with Crippen molar-refractivity contribution in [1.29, 1.82) is 0 Å². The summed E-state index contributed by atoms with van der Waals surface area (Å²) in [6, 6.07) is 4.92. The quantitative estimate of drug-likeness (QED) is 0.110. The highest BCUT2D eigenvalue weighted by molar-refractivity contribution is 6.32. The van der Waals surface area contributed by atoms with Crippen LogP contribution in [0.15, 0.2) is 69.7 Å². The van der Waals surface area contributed by atoms with Gasteiger partial charge in [-0.15, -0.1) is 0 Å². The Balaban J connectivity index is 1.00. The first-order valence-electron chi connectivity index (χ1n) is 23.9. The summed E-state index contributed by atoms with van der Waals surface area (Å²) in [6.07, 6.45) is 16.2. The molecule has 0 saturated carbocycles. The Kier molecular flexibility index (Phi) is 15.1. The number of carbonyl (C=O) groups is 3. The lowest BCUT2D eigenvalue weighted by molar-refractivity contribution is -0.136. The Bertz CT molecular complexity index is 2150. The number of methoxy groups -OCH3 is 3. The van der Waals surface area contributed by atoms with Crippen LogP contribution in [0.3, 0.4) is 0 Å². The fourth-order valence-corrected chi connectivity index (χ4v) is 10.8. The van der Waals surface area contributed by atoms with E-state index in [1.165, 1.54) is 12.7 Å². The molecule has 1 aromatic rings. The number of ether oxygens (including phenoxy) is 5. The third-order valence-corrected chi connectivity index (χ3v) is 14.4. The number of rotatable bonds is 18. The first-order chi connectivity index (χ1) is 31.9. The molecule has 2 bridgehead atoms. The van der Waals surface area contributed by atoms with E-state index in [1.54, 1.807) is 14.2 Å². The SMILES string of the molecule is COCCOC1C(C2=CCC(C3=NC(C4C5C=CC(C5)N4C(=O)C(N)C(C)C)N=C3)CC2)=CC=C(c2ccc3c(c2)NC(C2CCCN2C(=O)C(NC(=O)OC)C(C)C)N3)C1OCCOC. The molecule has 4 aliphatic heterocycles. The van der Waals surface area contributed by atoms with Gasteiger partial charge in [-0.25, -0.2) is 4.79 Å². The van der Waals surface area contributed by atoms with Crippen molar-refractivity contribution in [2.45, 2.75) is 121 Å². The highest BCUT2D eigenvalue weighted by atomic mass is 16.6. The van der Waals surface area contributed by atoms with Gasteiger partial charge in [-0.2, -0.15) is 0 Å². The van der Waals surface area contributed by atoms with Crippen molar-refractivity contribution >= 4 is 46.8 Å². The van der Waals surface area contributed by atoms with Crippen molar-refractivity contribution in [2.75, 3.05) is 64.9 Å². The highest BCUT2D eigenvalue weighted by Gasteiger charge is 2.51. The van der Waals surface area contributed by atoms with Crippen LogP contribution in [-0.2, 0) is 33.3 Å². The summed E-state index contributed by atoms with van der Waals surface area (Å²) in [7, 11) is 4.65. The van der Waals surface area contributed by atoms with Crippen LogP contribution in [0, 0.1) is 23.7 Å². The third-order valence-electron chi connectivity index (χ3n) is 14.4. The van der Waals surface area contributed by atoms with Crippen LogP contribution < -0.4 is 21.7 Å². The van der Waals surface area contributed by atoms with Gasteiger partial charge in [0.2, 0.25) is 11.8 Å². The van der Waals surface area contributed by atoms with Gasteiger partial charge in [-0.05, 0) is 84.8 Å². The molecule has 7 aliphatic rings. The van der Waals surface area contributed by atoms with Crippen LogP contribution in [0.5, 0.6) is 0 Å². The Hall–Kier alpha value is -4.87. The number of nitrogens with two attached hydrogens (primary N) is 1. The predicted molar refractivity (Wildman–Crippen MR) is 255 cm³/mol. The van der Waals surface area contributed by atoms with E-state index in [0.29, 0.717) is 33.0 Å². The van der Waals surface area contributed by atoms with Gasteiger partial charge in [-0.3, -0.25) is 19.6 Å². The van der Waals surface area contributed by atoms with Crippen molar-refractivity contribution in [3.8, 4) is 0 Å². The van der Waals surface area contributed by atoms with E-state index in [4.69, 9.17) is 39.4 Å². The summed E-state index contributed by atoms with van der Waals surface area (Å²) in [5.41, 5.74) is 13.6. The zero-order chi connectivity index (χ0) is 46.6. The Morgan fingerprint density at radius 1 is 0.894 bits per heavy atom. The number of benzene rings is 1. The number of anilines is 2. The number of allylic oxidation sites excluding steroid dienone is 3. The van der Waals surface area contributed by atoms with E-state index in [9.17, 15) is 14.4 Å². The van der Waals surface area contributed by atoms with Gasteiger partial charge in [0.25, 0.3) is 0 Å². The maximum atomic E-state index is 13.9. The van der Waals surface area contributed by atoms with Crippen molar-refractivity contribution in [1.82, 2.24) is 15.1 Å². The Labute approximate surface area is 389 Å². The normalized spacial score (nSPS) is 29.6. The Morgan fingerprint density at radius 2 is 1.62 bits per heavy atom. The minimum absolute atomic E-state index is 0.00646. The van der Waals surface area contributed by atoms with E-state index in [2.05, 4.69) is 64.5 Å². The number of alkyl carbamates (subject to hydrolysis) is 1. The number of hydrogen-bond acceptors (Lipinski definition) is 13.